The zero-order valence-corrected chi connectivity index (χ0v) is 19.2. The topological polar surface area (TPSA) is 65.8 Å². The maximum Gasteiger partial charge on any atom is 0.242 e. The highest BCUT2D eigenvalue weighted by Gasteiger charge is 2.21. The molecule has 7 heteroatoms. The van der Waals surface area contributed by atoms with E-state index in [0.717, 1.165) is 22.2 Å². The molecule has 0 atom stereocenters. The maximum absolute atomic E-state index is 13.2. The van der Waals surface area contributed by atoms with Crippen molar-refractivity contribution in [3.63, 3.8) is 0 Å². The summed E-state index contributed by atoms with van der Waals surface area (Å²) in [6, 6.07) is 21.4. The highest BCUT2D eigenvalue weighted by atomic mass is 16.5. The van der Waals surface area contributed by atoms with Crippen LogP contribution in [-0.2, 0) is 17.9 Å². The van der Waals surface area contributed by atoms with E-state index in [0.29, 0.717) is 29.6 Å². The second-order valence-electron chi connectivity index (χ2n) is 7.66. The molecule has 0 unspecified atom stereocenters. The number of hydrogen-bond donors (Lipinski definition) is 0. The molecule has 0 radical (unpaired) electrons. The van der Waals surface area contributed by atoms with Crippen LogP contribution in [0.25, 0.3) is 22.4 Å². The third-order valence-corrected chi connectivity index (χ3v) is 5.56. The predicted molar refractivity (Wildman–Crippen MR) is 128 cm³/mol. The number of amides is 1. The van der Waals surface area contributed by atoms with Gasteiger partial charge in [-0.05, 0) is 29.8 Å². The zero-order valence-electron chi connectivity index (χ0n) is 19.2. The molecule has 0 aliphatic rings. The number of aromatic nitrogens is 2. The molecule has 3 aromatic carbocycles. The number of hydrogen-bond acceptors (Lipinski definition) is 5. The lowest BCUT2D eigenvalue weighted by molar-refractivity contribution is -0.130. The average molecular weight is 446 g/mol. The Hall–Kier alpha value is -4.00. The Morgan fingerprint density at radius 2 is 1.55 bits per heavy atom. The normalized spacial score (nSPS) is 10.8. The van der Waals surface area contributed by atoms with E-state index < -0.39 is 0 Å². The summed E-state index contributed by atoms with van der Waals surface area (Å²) in [5, 5.41) is 0. The minimum atomic E-state index is -0.0179. The molecule has 1 aromatic heterocycles. The van der Waals surface area contributed by atoms with Crippen LogP contribution in [0.4, 0.5) is 0 Å². The van der Waals surface area contributed by atoms with Crippen LogP contribution >= 0.6 is 0 Å². The van der Waals surface area contributed by atoms with E-state index in [4.69, 9.17) is 19.2 Å². The first-order valence-electron chi connectivity index (χ1n) is 10.6. The van der Waals surface area contributed by atoms with Gasteiger partial charge in [-0.25, -0.2) is 4.98 Å². The molecule has 0 spiro atoms. The number of nitrogens with zero attached hydrogens (tertiary/aromatic N) is 3. The van der Waals surface area contributed by atoms with Gasteiger partial charge < -0.3 is 23.7 Å². The molecule has 7 nitrogen and oxygen atoms in total. The molecule has 0 aliphatic heterocycles. The highest BCUT2D eigenvalue weighted by Crippen LogP contribution is 2.41. The second-order valence-corrected chi connectivity index (χ2v) is 7.66. The number of benzene rings is 3. The number of imidazole rings is 1. The van der Waals surface area contributed by atoms with Crippen LogP contribution in [0.1, 0.15) is 5.56 Å². The summed E-state index contributed by atoms with van der Waals surface area (Å²) in [6.45, 7) is 0.682. The van der Waals surface area contributed by atoms with Crippen molar-refractivity contribution < 1.29 is 19.0 Å². The Bertz CT molecular complexity index is 1240. The van der Waals surface area contributed by atoms with Crippen LogP contribution in [0.5, 0.6) is 17.2 Å². The lowest BCUT2D eigenvalue weighted by Crippen LogP contribution is -2.30. The van der Waals surface area contributed by atoms with Gasteiger partial charge >= 0.3 is 0 Å². The SMILES string of the molecule is COc1cc(-c2nc3ccccc3n2CC(=O)N(C)Cc2ccccc2)cc(OC)c1OC. The van der Waals surface area contributed by atoms with Gasteiger partial charge in [0.25, 0.3) is 0 Å². The molecule has 170 valence electrons. The van der Waals surface area contributed by atoms with Crippen molar-refractivity contribution in [2.75, 3.05) is 28.4 Å². The standard InChI is InChI=1S/C26H27N3O4/c1-28(16-18-10-6-5-7-11-18)24(30)17-29-21-13-9-8-12-20(21)27-26(29)19-14-22(31-2)25(33-4)23(15-19)32-3/h5-15H,16-17H2,1-4H3. The van der Waals surface area contributed by atoms with Crippen LogP contribution in [-0.4, -0.2) is 48.7 Å². The predicted octanol–water partition coefficient (Wildman–Crippen LogP) is 4.39. The van der Waals surface area contributed by atoms with Gasteiger partial charge in [0.2, 0.25) is 11.7 Å². The quantitative estimate of drug-likeness (QED) is 0.403. The molecule has 0 fully saturated rings. The molecule has 0 N–H and O–H groups in total. The Morgan fingerprint density at radius 3 is 2.18 bits per heavy atom. The number of carbonyl (C=O) groups is 1. The van der Waals surface area contributed by atoms with Gasteiger partial charge in [-0.15, -0.1) is 0 Å². The van der Waals surface area contributed by atoms with Crippen molar-refractivity contribution >= 4 is 16.9 Å². The number of carbonyl (C=O) groups excluding carboxylic acids is 1. The first-order valence-corrected chi connectivity index (χ1v) is 10.6. The van der Waals surface area contributed by atoms with Gasteiger partial charge in [-0.1, -0.05) is 42.5 Å². The van der Waals surface area contributed by atoms with Gasteiger partial charge in [0, 0.05) is 19.2 Å². The molecule has 0 saturated carbocycles. The van der Waals surface area contributed by atoms with Crippen LogP contribution in [0.15, 0.2) is 66.7 Å². The molecular weight excluding hydrogens is 418 g/mol. The fourth-order valence-corrected chi connectivity index (χ4v) is 3.87. The summed E-state index contributed by atoms with van der Waals surface area (Å²) in [7, 11) is 6.53. The van der Waals surface area contributed by atoms with Crippen LogP contribution in [0.3, 0.4) is 0 Å². The lowest BCUT2D eigenvalue weighted by atomic mass is 10.1. The summed E-state index contributed by atoms with van der Waals surface area (Å²) in [4.78, 5) is 19.7. The maximum atomic E-state index is 13.2. The van der Waals surface area contributed by atoms with Crippen LogP contribution < -0.4 is 14.2 Å². The summed E-state index contributed by atoms with van der Waals surface area (Å²) in [5.41, 5.74) is 3.52. The first-order chi connectivity index (χ1) is 16.0. The van der Waals surface area contributed by atoms with E-state index in [1.54, 1.807) is 26.2 Å². The number of methoxy groups -OCH3 is 3. The van der Waals surface area contributed by atoms with Crippen molar-refractivity contribution in [1.29, 1.82) is 0 Å². The minimum absolute atomic E-state index is 0.0179. The van der Waals surface area contributed by atoms with Crippen LogP contribution in [0, 0.1) is 0 Å². The van der Waals surface area contributed by atoms with E-state index in [1.807, 2.05) is 78.3 Å². The third-order valence-electron chi connectivity index (χ3n) is 5.56. The van der Waals surface area contributed by atoms with Crippen molar-refractivity contribution in [2.45, 2.75) is 13.1 Å². The van der Waals surface area contributed by atoms with E-state index >= 15 is 0 Å². The van der Waals surface area contributed by atoms with Gasteiger partial charge in [0.15, 0.2) is 11.5 Å². The van der Waals surface area contributed by atoms with E-state index in [9.17, 15) is 4.79 Å². The van der Waals surface area contributed by atoms with Crippen LogP contribution in [0.2, 0.25) is 0 Å². The Labute approximate surface area is 193 Å². The smallest absolute Gasteiger partial charge is 0.242 e. The van der Waals surface area contributed by atoms with Gasteiger partial charge in [0.05, 0.1) is 32.4 Å². The molecule has 4 rings (SSSR count). The molecule has 1 amide bonds. The van der Waals surface area contributed by atoms with E-state index in [2.05, 4.69) is 0 Å². The molecular formula is C26H27N3O4. The Kier molecular flexibility index (Phi) is 6.49. The largest absolute Gasteiger partial charge is 0.493 e. The van der Waals surface area contributed by atoms with Gasteiger partial charge in [-0.2, -0.15) is 0 Å². The Balaban J connectivity index is 1.75. The summed E-state index contributed by atoms with van der Waals surface area (Å²) in [5.74, 6) is 2.19. The molecule has 0 bridgehead atoms. The van der Waals surface area contributed by atoms with Crippen molar-refractivity contribution in [3.8, 4) is 28.6 Å². The first kappa shape index (κ1) is 22.2. The number of ether oxygens (including phenoxy) is 3. The number of likely N-dealkylation sites (N-methyl/N-ethyl adjacent to an activating group) is 1. The minimum Gasteiger partial charge on any atom is -0.493 e. The molecule has 4 aromatic rings. The summed E-state index contributed by atoms with van der Waals surface area (Å²) < 4.78 is 18.4. The summed E-state index contributed by atoms with van der Waals surface area (Å²) >= 11 is 0. The van der Waals surface area contributed by atoms with Gasteiger partial charge in [-0.3, -0.25) is 4.79 Å². The fraction of sp³-hybridized carbons (Fsp3) is 0.231. The number of rotatable bonds is 8. The van der Waals surface area contributed by atoms with Gasteiger partial charge in [0.1, 0.15) is 12.4 Å². The molecule has 0 aliphatic carbocycles. The lowest BCUT2D eigenvalue weighted by Gasteiger charge is -2.19. The number of para-hydroxylation sites is 2. The second kappa shape index (κ2) is 9.65. The third kappa shape index (κ3) is 4.48. The Morgan fingerprint density at radius 1 is 0.909 bits per heavy atom. The monoisotopic (exact) mass is 445 g/mol. The fourth-order valence-electron chi connectivity index (χ4n) is 3.87. The van der Waals surface area contributed by atoms with Crippen molar-refractivity contribution in [1.82, 2.24) is 14.5 Å². The molecule has 33 heavy (non-hydrogen) atoms. The average Bonchev–Trinajstić information content (AvgIpc) is 3.21. The van der Waals surface area contributed by atoms with E-state index in [-0.39, 0.29) is 12.5 Å². The molecule has 0 saturated heterocycles. The highest BCUT2D eigenvalue weighted by molar-refractivity contribution is 5.85. The zero-order chi connectivity index (χ0) is 23.4. The number of fused-ring (bicyclic) bond motifs is 1. The van der Waals surface area contributed by atoms with Crippen molar-refractivity contribution in [2.24, 2.45) is 0 Å². The summed E-state index contributed by atoms with van der Waals surface area (Å²) in [6.07, 6.45) is 0. The van der Waals surface area contributed by atoms with E-state index in [1.165, 1.54) is 0 Å². The molecule has 1 heterocycles. The van der Waals surface area contributed by atoms with Crippen molar-refractivity contribution in [3.05, 3.63) is 72.3 Å².